The Hall–Kier alpha value is -0.110. The molecule has 0 aromatic carbocycles. The molecule has 0 fully saturated rings. The molecular formula is C5H8BrN. The quantitative estimate of drug-likeness (QED) is 0.522. The number of hydrogen-bond donors (Lipinski definition) is 0. The second-order valence-electron chi connectivity index (χ2n) is 1.05. The Bertz CT molecular complexity index is 94.3. The Labute approximate surface area is 52.3 Å². The van der Waals surface area contributed by atoms with E-state index in [1.165, 1.54) is 0 Å². The Kier molecular flexibility index (Phi) is 4.00. The van der Waals surface area contributed by atoms with Gasteiger partial charge in [-0.25, -0.2) is 0 Å². The fraction of sp³-hybridized carbons (Fsp3) is 0.400. The van der Waals surface area contributed by atoms with E-state index in [0.717, 1.165) is 4.62 Å². The molecule has 0 N–H and O–H groups in total. The molecule has 7 heavy (non-hydrogen) atoms. The molecule has 0 radical (unpaired) electrons. The maximum Gasteiger partial charge on any atom is 0.0994 e. The summed E-state index contributed by atoms with van der Waals surface area (Å²) in [5.74, 6) is 0. The lowest BCUT2D eigenvalue weighted by Gasteiger charge is -1.78. The molecule has 0 aliphatic heterocycles. The number of halogens is 1. The van der Waals surface area contributed by atoms with E-state index in [9.17, 15) is 0 Å². The number of aliphatic imine (C=N–C) groups is 1. The van der Waals surface area contributed by atoms with Gasteiger partial charge < -0.3 is 0 Å². The molecule has 0 spiro atoms. The molecule has 1 nitrogen and oxygen atoms in total. The van der Waals surface area contributed by atoms with Crippen LogP contribution < -0.4 is 0 Å². The first-order valence-electron chi connectivity index (χ1n) is 2.06. The largest absolute Gasteiger partial charge is 0.281 e. The van der Waals surface area contributed by atoms with Crippen LogP contribution in [-0.2, 0) is 0 Å². The highest BCUT2D eigenvalue weighted by Crippen LogP contribution is 1.88. The van der Waals surface area contributed by atoms with Gasteiger partial charge in [0, 0.05) is 7.05 Å². The molecule has 0 aliphatic carbocycles. The van der Waals surface area contributed by atoms with Crippen molar-refractivity contribution in [2.24, 2.45) is 4.99 Å². The maximum absolute atomic E-state index is 3.82. The Morgan fingerprint density at radius 1 is 1.71 bits per heavy atom. The van der Waals surface area contributed by atoms with Gasteiger partial charge in [0.05, 0.1) is 4.62 Å². The molecule has 0 heterocycles. The van der Waals surface area contributed by atoms with E-state index in [0.29, 0.717) is 0 Å². The molecular weight excluding hydrogens is 154 g/mol. The van der Waals surface area contributed by atoms with Gasteiger partial charge in [-0.1, -0.05) is 6.08 Å². The molecule has 0 rings (SSSR count). The van der Waals surface area contributed by atoms with Gasteiger partial charge >= 0.3 is 0 Å². The van der Waals surface area contributed by atoms with Crippen LogP contribution in [0.15, 0.2) is 17.1 Å². The second-order valence-corrected chi connectivity index (χ2v) is 1.86. The van der Waals surface area contributed by atoms with Crippen molar-refractivity contribution in [1.82, 2.24) is 0 Å². The molecule has 0 atom stereocenters. The third-order valence-corrected chi connectivity index (χ3v) is 1.14. The van der Waals surface area contributed by atoms with Crippen molar-refractivity contribution in [3.05, 3.63) is 12.2 Å². The van der Waals surface area contributed by atoms with Crippen LogP contribution in [0.2, 0.25) is 0 Å². The summed E-state index contributed by atoms with van der Waals surface area (Å²) in [6, 6.07) is 0. The summed E-state index contributed by atoms with van der Waals surface area (Å²) < 4.78 is 0.884. The van der Waals surface area contributed by atoms with E-state index in [2.05, 4.69) is 20.9 Å². The van der Waals surface area contributed by atoms with Crippen LogP contribution in [-0.4, -0.2) is 11.7 Å². The SMILES string of the molecule is C/C=C\C(Br)=NC. The first-order chi connectivity index (χ1) is 3.31. The minimum Gasteiger partial charge on any atom is -0.281 e. The van der Waals surface area contributed by atoms with Gasteiger partial charge in [0.15, 0.2) is 0 Å². The number of nitrogens with zero attached hydrogens (tertiary/aromatic N) is 1. The monoisotopic (exact) mass is 161 g/mol. The minimum absolute atomic E-state index is 0.884. The zero-order valence-corrected chi connectivity index (χ0v) is 6.07. The molecule has 0 aromatic heterocycles. The fourth-order valence-corrected chi connectivity index (χ4v) is 0.476. The Balaban J connectivity index is 3.58. The van der Waals surface area contributed by atoms with Crippen LogP contribution in [0.25, 0.3) is 0 Å². The van der Waals surface area contributed by atoms with Gasteiger partial charge in [-0.05, 0) is 28.9 Å². The topological polar surface area (TPSA) is 12.4 Å². The third kappa shape index (κ3) is 3.73. The highest BCUT2D eigenvalue weighted by molar-refractivity contribution is 9.18. The lowest BCUT2D eigenvalue weighted by Crippen LogP contribution is -1.73. The summed E-state index contributed by atoms with van der Waals surface area (Å²) >= 11 is 3.20. The molecule has 0 aliphatic rings. The van der Waals surface area contributed by atoms with E-state index < -0.39 is 0 Å². The van der Waals surface area contributed by atoms with Crippen LogP contribution in [0.3, 0.4) is 0 Å². The first kappa shape index (κ1) is 6.89. The van der Waals surface area contributed by atoms with Crippen LogP contribution >= 0.6 is 15.9 Å². The average Bonchev–Trinajstić information content (AvgIpc) is 1.68. The summed E-state index contributed by atoms with van der Waals surface area (Å²) in [6.07, 6.45) is 3.82. The van der Waals surface area contributed by atoms with Crippen LogP contribution in [0.1, 0.15) is 6.92 Å². The Morgan fingerprint density at radius 2 is 2.29 bits per heavy atom. The zero-order chi connectivity index (χ0) is 5.70. The molecule has 0 unspecified atom stereocenters. The number of hydrogen-bond acceptors (Lipinski definition) is 1. The highest BCUT2D eigenvalue weighted by atomic mass is 79.9. The first-order valence-corrected chi connectivity index (χ1v) is 2.85. The van der Waals surface area contributed by atoms with Gasteiger partial charge in [-0.15, -0.1) is 0 Å². The lowest BCUT2D eigenvalue weighted by atomic mass is 10.6. The number of rotatable bonds is 1. The van der Waals surface area contributed by atoms with Crippen molar-refractivity contribution in [3.63, 3.8) is 0 Å². The van der Waals surface area contributed by atoms with Crippen molar-refractivity contribution in [3.8, 4) is 0 Å². The predicted molar refractivity (Wildman–Crippen MR) is 37.1 cm³/mol. The zero-order valence-electron chi connectivity index (χ0n) is 4.48. The van der Waals surface area contributed by atoms with Crippen molar-refractivity contribution < 1.29 is 0 Å². The molecule has 0 aromatic rings. The summed E-state index contributed by atoms with van der Waals surface area (Å²) in [7, 11) is 1.74. The summed E-state index contributed by atoms with van der Waals surface area (Å²) in [6.45, 7) is 1.95. The van der Waals surface area contributed by atoms with Crippen LogP contribution in [0.5, 0.6) is 0 Å². The van der Waals surface area contributed by atoms with E-state index in [4.69, 9.17) is 0 Å². The number of allylic oxidation sites excluding steroid dienone is 2. The van der Waals surface area contributed by atoms with Crippen LogP contribution in [0.4, 0.5) is 0 Å². The van der Waals surface area contributed by atoms with Crippen molar-refractivity contribution in [2.45, 2.75) is 6.92 Å². The van der Waals surface area contributed by atoms with E-state index in [1.807, 2.05) is 19.1 Å². The smallest absolute Gasteiger partial charge is 0.0994 e. The summed E-state index contributed by atoms with van der Waals surface area (Å²) in [5, 5.41) is 0. The van der Waals surface area contributed by atoms with Crippen molar-refractivity contribution >= 4 is 20.6 Å². The molecule has 2 heteroatoms. The molecule has 0 amide bonds. The van der Waals surface area contributed by atoms with Crippen LogP contribution in [0, 0.1) is 0 Å². The predicted octanol–water partition coefficient (Wildman–Crippen LogP) is 1.99. The standard InChI is InChI=1S/C5H8BrN/c1-3-4-5(6)7-2/h3-4H,1-2H3/b4-3-,7-5?. The molecule has 0 saturated heterocycles. The normalized spacial score (nSPS) is 13.3. The van der Waals surface area contributed by atoms with Crippen molar-refractivity contribution in [1.29, 1.82) is 0 Å². The minimum atomic E-state index is 0.884. The summed E-state index contributed by atoms with van der Waals surface area (Å²) in [4.78, 5) is 3.82. The van der Waals surface area contributed by atoms with Gasteiger partial charge in [0.25, 0.3) is 0 Å². The fourth-order valence-electron chi connectivity index (χ4n) is 0.212. The summed E-state index contributed by atoms with van der Waals surface area (Å²) in [5.41, 5.74) is 0. The third-order valence-electron chi connectivity index (χ3n) is 0.518. The van der Waals surface area contributed by atoms with Gasteiger partial charge in [0.1, 0.15) is 0 Å². The van der Waals surface area contributed by atoms with E-state index in [-0.39, 0.29) is 0 Å². The maximum atomic E-state index is 3.82. The second kappa shape index (κ2) is 4.06. The molecule has 40 valence electrons. The average molecular weight is 162 g/mol. The molecule has 0 bridgehead atoms. The van der Waals surface area contributed by atoms with E-state index >= 15 is 0 Å². The lowest BCUT2D eigenvalue weighted by molar-refractivity contribution is 1.47. The van der Waals surface area contributed by atoms with Gasteiger partial charge in [-0.2, -0.15) is 0 Å². The van der Waals surface area contributed by atoms with E-state index in [1.54, 1.807) is 7.05 Å². The molecule has 0 saturated carbocycles. The Morgan fingerprint density at radius 3 is 2.43 bits per heavy atom. The van der Waals surface area contributed by atoms with Crippen molar-refractivity contribution in [2.75, 3.05) is 7.05 Å². The van der Waals surface area contributed by atoms with Gasteiger partial charge in [0.2, 0.25) is 0 Å². The highest BCUT2D eigenvalue weighted by Gasteiger charge is 1.74. The van der Waals surface area contributed by atoms with Gasteiger partial charge in [-0.3, -0.25) is 4.99 Å².